The van der Waals surface area contributed by atoms with Crippen molar-refractivity contribution in [3.8, 4) is 5.75 Å². The number of nitrogen functional groups attached to an aromatic ring is 1. The van der Waals surface area contributed by atoms with Crippen LogP contribution < -0.4 is 10.5 Å². The van der Waals surface area contributed by atoms with E-state index < -0.39 is 0 Å². The van der Waals surface area contributed by atoms with Crippen LogP contribution in [0.25, 0.3) is 0 Å². The zero-order valence-electron chi connectivity index (χ0n) is 10.2. The highest BCUT2D eigenvalue weighted by Crippen LogP contribution is 2.18. The van der Waals surface area contributed by atoms with Crippen LogP contribution in [0, 0.1) is 6.92 Å². The predicted molar refractivity (Wildman–Crippen MR) is 76.7 cm³/mol. The maximum Gasteiger partial charge on any atom is 0.126 e. The number of halogens is 1. The second-order valence-electron chi connectivity index (χ2n) is 4.04. The highest BCUT2D eigenvalue weighted by molar-refractivity contribution is 9.10. The molecular formula is C14H15BrN2O. The van der Waals surface area contributed by atoms with Crippen molar-refractivity contribution < 1.29 is 4.74 Å². The Kier molecular flexibility index (Phi) is 4.20. The van der Waals surface area contributed by atoms with Crippen LogP contribution in [-0.2, 0) is 6.42 Å². The van der Waals surface area contributed by atoms with Gasteiger partial charge in [0.15, 0.2) is 0 Å². The number of ether oxygens (including phenoxy) is 1. The lowest BCUT2D eigenvalue weighted by molar-refractivity contribution is 0.321. The number of rotatable bonds is 4. The molecule has 4 heteroatoms. The molecule has 0 saturated carbocycles. The molecule has 0 aliphatic rings. The fourth-order valence-electron chi connectivity index (χ4n) is 1.74. The summed E-state index contributed by atoms with van der Waals surface area (Å²) in [5, 5.41) is 0. The molecule has 1 aromatic heterocycles. The largest absolute Gasteiger partial charge is 0.493 e. The van der Waals surface area contributed by atoms with Crippen LogP contribution in [0.2, 0.25) is 0 Å². The van der Waals surface area contributed by atoms with Crippen LogP contribution in [-0.4, -0.2) is 11.6 Å². The first-order valence-corrected chi connectivity index (χ1v) is 6.54. The zero-order chi connectivity index (χ0) is 13.0. The van der Waals surface area contributed by atoms with E-state index in [1.165, 1.54) is 0 Å². The molecule has 1 heterocycles. The number of nitrogens with two attached hydrogens (primary N) is 1. The average Bonchev–Trinajstić information content (AvgIpc) is 2.35. The number of benzene rings is 1. The molecule has 0 bridgehead atoms. The third-order valence-corrected chi connectivity index (χ3v) is 3.29. The lowest BCUT2D eigenvalue weighted by Gasteiger charge is -2.09. The van der Waals surface area contributed by atoms with Crippen molar-refractivity contribution in [2.24, 2.45) is 0 Å². The van der Waals surface area contributed by atoms with Gasteiger partial charge in [-0.25, -0.2) is 4.98 Å². The highest BCUT2D eigenvalue weighted by Gasteiger charge is 2.04. The fourth-order valence-corrected chi connectivity index (χ4v) is 2.00. The fraction of sp³-hybridized carbons (Fsp3) is 0.214. The van der Waals surface area contributed by atoms with Gasteiger partial charge >= 0.3 is 0 Å². The van der Waals surface area contributed by atoms with E-state index in [0.717, 1.165) is 27.8 Å². The first-order chi connectivity index (χ1) is 8.66. The maximum atomic E-state index is 5.85. The molecular weight excluding hydrogens is 292 g/mol. The zero-order valence-corrected chi connectivity index (χ0v) is 11.8. The van der Waals surface area contributed by atoms with E-state index >= 15 is 0 Å². The predicted octanol–water partition coefficient (Wildman–Crippen LogP) is 3.36. The average molecular weight is 307 g/mol. The number of hydrogen-bond donors (Lipinski definition) is 1. The Bertz CT molecular complexity index is 506. The van der Waals surface area contributed by atoms with Crippen LogP contribution in [0.15, 0.2) is 41.0 Å². The van der Waals surface area contributed by atoms with Crippen LogP contribution in [0.5, 0.6) is 5.75 Å². The Morgan fingerprint density at radius 3 is 2.61 bits per heavy atom. The van der Waals surface area contributed by atoms with Crippen molar-refractivity contribution in [3.63, 3.8) is 0 Å². The Morgan fingerprint density at radius 1 is 1.22 bits per heavy atom. The third kappa shape index (κ3) is 3.23. The molecule has 18 heavy (non-hydrogen) atoms. The van der Waals surface area contributed by atoms with E-state index in [2.05, 4.69) is 20.9 Å². The van der Waals surface area contributed by atoms with Crippen molar-refractivity contribution in [2.75, 3.05) is 12.3 Å². The number of aryl methyl sites for hydroxylation is 1. The van der Waals surface area contributed by atoms with Gasteiger partial charge < -0.3 is 10.5 Å². The molecule has 3 nitrogen and oxygen atoms in total. The minimum Gasteiger partial charge on any atom is -0.493 e. The summed E-state index contributed by atoms with van der Waals surface area (Å²) in [5.41, 5.74) is 8.07. The smallest absolute Gasteiger partial charge is 0.126 e. The van der Waals surface area contributed by atoms with E-state index in [0.29, 0.717) is 12.4 Å². The third-order valence-electron chi connectivity index (χ3n) is 2.76. The molecule has 0 aliphatic heterocycles. The summed E-state index contributed by atoms with van der Waals surface area (Å²) in [6.07, 6.45) is 2.49. The summed E-state index contributed by atoms with van der Waals surface area (Å²) in [4.78, 5) is 4.09. The molecule has 0 amide bonds. The standard InChI is InChI=1S/C14H15BrN2O/c1-10-6-8-17-14(16)13(10)7-9-18-12-4-2-11(15)3-5-12/h2-6,8H,7,9H2,1H3,(H2,16,17). The van der Waals surface area contributed by atoms with Gasteiger partial charge in [-0.3, -0.25) is 0 Å². The summed E-state index contributed by atoms with van der Waals surface area (Å²) in [7, 11) is 0. The number of nitrogens with zero attached hydrogens (tertiary/aromatic N) is 1. The van der Waals surface area contributed by atoms with Gasteiger partial charge in [0.05, 0.1) is 6.61 Å². The van der Waals surface area contributed by atoms with Gasteiger partial charge in [-0.2, -0.15) is 0 Å². The minimum atomic E-state index is 0.592. The van der Waals surface area contributed by atoms with Gasteiger partial charge in [0.2, 0.25) is 0 Å². The molecule has 0 spiro atoms. The van der Waals surface area contributed by atoms with Crippen LogP contribution in [0.3, 0.4) is 0 Å². The first-order valence-electron chi connectivity index (χ1n) is 5.75. The highest BCUT2D eigenvalue weighted by atomic mass is 79.9. The van der Waals surface area contributed by atoms with Gasteiger partial charge in [-0.05, 0) is 42.8 Å². The second-order valence-corrected chi connectivity index (χ2v) is 4.96. The van der Waals surface area contributed by atoms with Crippen LogP contribution in [0.4, 0.5) is 5.82 Å². The van der Waals surface area contributed by atoms with E-state index in [1.54, 1.807) is 6.20 Å². The van der Waals surface area contributed by atoms with Crippen molar-refractivity contribution in [1.82, 2.24) is 4.98 Å². The Morgan fingerprint density at radius 2 is 1.94 bits per heavy atom. The van der Waals surface area contributed by atoms with Gasteiger partial charge in [-0.15, -0.1) is 0 Å². The Hall–Kier alpha value is -1.55. The molecule has 2 N–H and O–H groups in total. The molecule has 94 valence electrons. The monoisotopic (exact) mass is 306 g/mol. The van der Waals surface area contributed by atoms with E-state index in [9.17, 15) is 0 Å². The van der Waals surface area contributed by atoms with Crippen molar-refractivity contribution >= 4 is 21.7 Å². The molecule has 0 atom stereocenters. The van der Waals surface area contributed by atoms with Crippen LogP contribution in [0.1, 0.15) is 11.1 Å². The summed E-state index contributed by atoms with van der Waals surface area (Å²) < 4.78 is 6.71. The van der Waals surface area contributed by atoms with Gasteiger partial charge in [0.25, 0.3) is 0 Å². The minimum absolute atomic E-state index is 0.592. The molecule has 0 saturated heterocycles. The quantitative estimate of drug-likeness (QED) is 0.942. The number of aromatic nitrogens is 1. The molecule has 2 aromatic rings. The summed E-state index contributed by atoms with van der Waals surface area (Å²) in [6, 6.07) is 9.75. The summed E-state index contributed by atoms with van der Waals surface area (Å²) in [5.74, 6) is 1.45. The molecule has 0 fully saturated rings. The SMILES string of the molecule is Cc1ccnc(N)c1CCOc1ccc(Br)cc1. The molecule has 2 rings (SSSR count). The molecule has 0 unspecified atom stereocenters. The normalized spacial score (nSPS) is 10.3. The molecule has 0 aliphatic carbocycles. The van der Waals surface area contributed by atoms with Crippen molar-refractivity contribution in [2.45, 2.75) is 13.3 Å². The Labute approximate surface area is 115 Å². The van der Waals surface area contributed by atoms with Crippen molar-refractivity contribution in [3.05, 3.63) is 52.1 Å². The summed E-state index contributed by atoms with van der Waals surface area (Å²) in [6.45, 7) is 2.63. The maximum absolute atomic E-state index is 5.85. The lowest BCUT2D eigenvalue weighted by atomic mass is 10.1. The van der Waals surface area contributed by atoms with E-state index in [-0.39, 0.29) is 0 Å². The molecule has 0 radical (unpaired) electrons. The van der Waals surface area contributed by atoms with Gasteiger partial charge in [-0.1, -0.05) is 15.9 Å². The number of hydrogen-bond acceptors (Lipinski definition) is 3. The van der Waals surface area contributed by atoms with Gasteiger partial charge in [0, 0.05) is 22.7 Å². The van der Waals surface area contributed by atoms with Gasteiger partial charge in [0.1, 0.15) is 11.6 Å². The van der Waals surface area contributed by atoms with Crippen molar-refractivity contribution in [1.29, 1.82) is 0 Å². The van der Waals surface area contributed by atoms with Crippen LogP contribution >= 0.6 is 15.9 Å². The topological polar surface area (TPSA) is 48.1 Å². The summed E-state index contributed by atoms with van der Waals surface area (Å²) >= 11 is 3.39. The lowest BCUT2D eigenvalue weighted by Crippen LogP contribution is -2.06. The van der Waals surface area contributed by atoms with E-state index in [4.69, 9.17) is 10.5 Å². The number of anilines is 1. The Balaban J connectivity index is 1.94. The molecule has 1 aromatic carbocycles. The van der Waals surface area contributed by atoms with E-state index in [1.807, 2.05) is 37.3 Å². The second kappa shape index (κ2) is 5.87. The first kappa shape index (κ1) is 12.9. The number of pyridine rings is 1.